The van der Waals surface area contributed by atoms with Gasteiger partial charge in [0.25, 0.3) is 5.91 Å². The minimum atomic E-state index is -3.50. The number of fused-ring (bicyclic) bond motifs is 4. The third kappa shape index (κ3) is 7.74. The number of urea groups is 1. The summed E-state index contributed by atoms with van der Waals surface area (Å²) in [6.07, 6.45) is 11.2. The number of carbonyl (C=O) groups excluding carboxylic acids is 2. The number of carbonyl (C=O) groups is 2. The number of hydrogen-bond donors (Lipinski definition) is 2. The third-order valence-electron chi connectivity index (χ3n) is 12.0. The lowest BCUT2D eigenvalue weighted by Crippen LogP contribution is -2.57. The first-order valence-corrected chi connectivity index (χ1v) is 21.0. The Morgan fingerprint density at radius 3 is 2.77 bits per heavy atom. The summed E-state index contributed by atoms with van der Waals surface area (Å²) in [7, 11) is -1.73. The molecule has 1 unspecified atom stereocenters. The molecule has 3 aliphatic carbocycles. The van der Waals surface area contributed by atoms with Gasteiger partial charge >= 0.3 is 6.03 Å². The highest BCUT2D eigenvalue weighted by Crippen LogP contribution is 2.47. The number of hydrogen-bond acceptors (Lipinski definition) is 7. The molecule has 2 saturated carbocycles. The molecule has 2 aromatic rings. The van der Waals surface area contributed by atoms with E-state index >= 15 is 0 Å². The van der Waals surface area contributed by atoms with Crippen LogP contribution in [0.1, 0.15) is 87.2 Å². The van der Waals surface area contributed by atoms with Crippen LogP contribution in [-0.4, -0.2) is 73.1 Å². The van der Waals surface area contributed by atoms with Gasteiger partial charge in [-0.3, -0.25) is 9.52 Å². The molecule has 0 saturated heterocycles. The lowest BCUT2D eigenvalue weighted by atomic mass is 9.68. The molecule has 1 spiro atoms. The Balaban J connectivity index is 1.23. The first-order valence-electron chi connectivity index (χ1n) is 18.9. The van der Waals surface area contributed by atoms with Crippen molar-refractivity contribution in [2.24, 2.45) is 22.1 Å². The number of methoxy groups -OCH3 is 1. The van der Waals surface area contributed by atoms with Crippen molar-refractivity contribution in [3.63, 3.8) is 0 Å². The van der Waals surface area contributed by atoms with Crippen LogP contribution in [0.3, 0.4) is 0 Å². The molecule has 2 heterocycles. The second-order valence-electron chi connectivity index (χ2n) is 16.0. The SMILES string of the molecule is CCO[C@]1(C)C[C@H](NC(=O)N[S@@]2(=O)=NC(=O)c3ccc4c(c3)N(C[C@@H]3CC[C@H]3C(OC)/C=C/C[C@H](C)C2)C[C@@]2(CCCc3cc(Cl)ccc32)CO4)C1. The molecule has 52 heavy (non-hydrogen) atoms. The number of aryl methyl sites for hydroxylation is 1. The third-order valence-corrected chi connectivity index (χ3v) is 14.2. The van der Waals surface area contributed by atoms with Crippen molar-refractivity contribution in [1.29, 1.82) is 0 Å². The zero-order chi connectivity index (χ0) is 36.7. The molecule has 0 radical (unpaired) electrons. The monoisotopic (exact) mass is 752 g/mol. The predicted molar refractivity (Wildman–Crippen MR) is 205 cm³/mol. The maximum Gasteiger partial charge on any atom is 0.327 e. The van der Waals surface area contributed by atoms with Gasteiger partial charge in [-0.15, -0.1) is 4.36 Å². The summed E-state index contributed by atoms with van der Waals surface area (Å²) < 4.78 is 40.0. The summed E-state index contributed by atoms with van der Waals surface area (Å²) in [5.41, 5.74) is 3.14. The molecular weight excluding hydrogens is 700 g/mol. The van der Waals surface area contributed by atoms with Crippen molar-refractivity contribution in [1.82, 2.24) is 10.0 Å². The van der Waals surface area contributed by atoms with E-state index in [4.69, 9.17) is 25.8 Å². The fourth-order valence-corrected chi connectivity index (χ4v) is 11.3. The quantitative estimate of drug-likeness (QED) is 0.310. The Morgan fingerprint density at radius 2 is 2.02 bits per heavy atom. The maximum atomic E-state index is 14.5. The number of rotatable bonds is 5. The Morgan fingerprint density at radius 1 is 1.19 bits per heavy atom. The van der Waals surface area contributed by atoms with Crippen molar-refractivity contribution in [3.05, 3.63) is 70.3 Å². The number of allylic oxidation sites excluding steroid dienone is 1. The van der Waals surface area contributed by atoms with Gasteiger partial charge in [0.2, 0.25) is 0 Å². The lowest BCUT2D eigenvalue weighted by molar-refractivity contribution is -0.0940. The predicted octanol–water partition coefficient (Wildman–Crippen LogP) is 7.23. The molecule has 2 aromatic carbocycles. The van der Waals surface area contributed by atoms with E-state index in [1.807, 2.05) is 39.0 Å². The standard InChI is InChI=1S/C40H53ClN4O6S/c1-5-51-39(3)20-31(21-39)42-38(47)44-52(48)23-26(2)8-6-10-35(49-4)32-14-11-29(32)22-45-24-40(17-7-9-27-18-30(41)13-15-33(27)40)25-50-36-16-12-28(19-34(36)45)37(46)43-52/h6,10,12-13,15-16,18-19,26,29,31-32,35H,5,7-9,11,14,17,20-25H2,1-4H3,(H2,42,43,44,46,47,48)/b10-6+/t26-,29-,31-,32+,35?,39+,40-,52-/m0/s1. The zero-order valence-electron chi connectivity index (χ0n) is 30.8. The van der Waals surface area contributed by atoms with Crippen molar-refractivity contribution in [2.45, 2.75) is 95.3 Å². The van der Waals surface area contributed by atoms with Gasteiger partial charge in [0, 0.05) is 48.8 Å². The number of amides is 3. The number of ether oxygens (including phenoxy) is 3. The number of halogens is 1. The summed E-state index contributed by atoms with van der Waals surface area (Å²) in [4.78, 5) is 29.6. The molecule has 0 aromatic heterocycles. The normalized spacial score (nSPS) is 35.0. The van der Waals surface area contributed by atoms with Crippen LogP contribution in [0.5, 0.6) is 5.75 Å². The topological polar surface area (TPSA) is 119 Å². The Hall–Kier alpha value is -3.12. The van der Waals surface area contributed by atoms with E-state index in [2.05, 4.69) is 43.6 Å². The summed E-state index contributed by atoms with van der Waals surface area (Å²) >= 11 is 6.46. The maximum absolute atomic E-state index is 14.5. The molecule has 2 fully saturated rings. The molecule has 2 bridgehead atoms. The van der Waals surface area contributed by atoms with Crippen molar-refractivity contribution >= 4 is 39.1 Å². The highest BCUT2D eigenvalue weighted by atomic mass is 35.5. The Bertz CT molecular complexity index is 1840. The van der Waals surface area contributed by atoms with Crippen LogP contribution < -0.4 is 19.7 Å². The summed E-state index contributed by atoms with van der Waals surface area (Å²) in [6, 6.07) is 10.9. The molecule has 10 nitrogen and oxygen atoms in total. The molecule has 5 aliphatic rings. The molecule has 3 amide bonds. The van der Waals surface area contributed by atoms with Crippen LogP contribution in [0, 0.1) is 17.8 Å². The van der Waals surface area contributed by atoms with Crippen LogP contribution in [0.15, 0.2) is 52.9 Å². The van der Waals surface area contributed by atoms with Crippen molar-refractivity contribution < 1.29 is 28.0 Å². The molecule has 7 rings (SSSR count). The summed E-state index contributed by atoms with van der Waals surface area (Å²) in [5, 5.41) is 3.66. The Labute approximate surface area is 313 Å². The minimum absolute atomic E-state index is 0.0215. The van der Waals surface area contributed by atoms with Gasteiger partial charge in [-0.25, -0.2) is 9.00 Å². The largest absolute Gasteiger partial charge is 0.490 e. The van der Waals surface area contributed by atoms with Crippen LogP contribution in [-0.2, 0) is 31.2 Å². The highest BCUT2D eigenvalue weighted by molar-refractivity contribution is 7.92. The van der Waals surface area contributed by atoms with E-state index in [1.165, 1.54) is 11.1 Å². The van der Waals surface area contributed by atoms with Gasteiger partial charge < -0.3 is 24.4 Å². The van der Waals surface area contributed by atoms with E-state index < -0.39 is 21.9 Å². The van der Waals surface area contributed by atoms with Gasteiger partial charge in [-0.05, 0) is 124 Å². The van der Waals surface area contributed by atoms with Gasteiger partial charge in [0.05, 0.1) is 29.8 Å². The van der Waals surface area contributed by atoms with E-state index in [1.54, 1.807) is 13.2 Å². The van der Waals surface area contributed by atoms with Crippen molar-refractivity contribution in [3.8, 4) is 5.75 Å². The van der Waals surface area contributed by atoms with Gasteiger partial charge in [-0.2, -0.15) is 0 Å². The number of anilines is 1. The van der Waals surface area contributed by atoms with Gasteiger partial charge in [0.15, 0.2) is 0 Å². The average Bonchev–Trinajstić information content (AvgIpc) is 3.21. The molecule has 12 heteroatoms. The molecule has 6 atom stereocenters. The van der Waals surface area contributed by atoms with E-state index in [-0.39, 0.29) is 34.8 Å². The fourth-order valence-electron chi connectivity index (χ4n) is 9.28. The fraction of sp³-hybridized carbons (Fsp3) is 0.600. The average molecular weight is 753 g/mol. The van der Waals surface area contributed by atoms with Crippen molar-refractivity contribution in [2.75, 3.05) is 44.1 Å². The van der Waals surface area contributed by atoms with Crippen LogP contribution >= 0.6 is 11.6 Å². The highest BCUT2D eigenvalue weighted by Gasteiger charge is 2.45. The summed E-state index contributed by atoms with van der Waals surface area (Å²) in [6.45, 7) is 8.55. The molecular formula is C40H53ClN4O6S. The number of benzene rings is 2. The van der Waals surface area contributed by atoms with Crippen LogP contribution in [0.25, 0.3) is 0 Å². The van der Waals surface area contributed by atoms with Crippen LogP contribution in [0.2, 0.25) is 5.02 Å². The Kier molecular flexibility index (Phi) is 10.7. The zero-order valence-corrected chi connectivity index (χ0v) is 32.4. The van der Waals surface area contributed by atoms with Gasteiger partial charge in [0.1, 0.15) is 15.7 Å². The number of nitrogens with zero attached hydrogens (tertiary/aromatic N) is 2. The molecule has 2 aliphatic heterocycles. The first-order chi connectivity index (χ1) is 24.9. The van der Waals surface area contributed by atoms with E-state index in [0.717, 1.165) is 55.9 Å². The summed E-state index contributed by atoms with van der Waals surface area (Å²) in [5.74, 6) is 0.704. The smallest absolute Gasteiger partial charge is 0.327 e. The minimum Gasteiger partial charge on any atom is -0.490 e. The molecule has 2 N–H and O–H groups in total. The van der Waals surface area contributed by atoms with Gasteiger partial charge in [-0.1, -0.05) is 36.7 Å². The number of nitrogens with one attached hydrogen (secondary N) is 2. The van der Waals surface area contributed by atoms with E-state index in [0.29, 0.717) is 55.6 Å². The van der Waals surface area contributed by atoms with E-state index in [9.17, 15) is 13.8 Å². The first kappa shape index (κ1) is 37.2. The van der Waals surface area contributed by atoms with Crippen LogP contribution in [0.4, 0.5) is 10.5 Å². The molecule has 282 valence electrons. The lowest BCUT2D eigenvalue weighted by Gasteiger charge is -2.46. The second kappa shape index (κ2) is 15.0. The second-order valence-corrected chi connectivity index (χ2v) is 18.5.